The lowest BCUT2D eigenvalue weighted by molar-refractivity contribution is 0.548. The summed E-state index contributed by atoms with van der Waals surface area (Å²) in [5.74, 6) is 0.172. The summed E-state index contributed by atoms with van der Waals surface area (Å²) >= 11 is 0. The number of hydrogen-bond donors (Lipinski definition) is 0. The molecule has 2 rings (SSSR count). The van der Waals surface area contributed by atoms with Gasteiger partial charge >= 0.3 is 0 Å². The summed E-state index contributed by atoms with van der Waals surface area (Å²) in [6.07, 6.45) is -0.0174. The molecule has 0 spiro atoms. The van der Waals surface area contributed by atoms with Gasteiger partial charge in [0.25, 0.3) is 9.05 Å². The number of fused-ring (bicyclic) bond motifs is 1. The molecule has 0 unspecified atom stereocenters. The fourth-order valence-electron chi connectivity index (χ4n) is 1.31. The molecule has 0 saturated heterocycles. The topological polar surface area (TPSA) is 84.0 Å². The Labute approximate surface area is 95.7 Å². The van der Waals surface area contributed by atoms with E-state index in [1.807, 2.05) is 6.07 Å². The van der Waals surface area contributed by atoms with Crippen LogP contribution in [0.2, 0.25) is 0 Å². The second-order valence-corrected chi connectivity index (χ2v) is 5.52. The highest BCUT2D eigenvalue weighted by atomic mass is 35.7. The minimum Gasteiger partial charge on any atom is -0.440 e. The summed E-state index contributed by atoms with van der Waals surface area (Å²) < 4.78 is 27.7. The van der Waals surface area contributed by atoms with Gasteiger partial charge in [-0.05, 0) is 12.1 Å². The Morgan fingerprint density at radius 3 is 2.88 bits per heavy atom. The van der Waals surface area contributed by atoms with Crippen molar-refractivity contribution in [3.05, 3.63) is 24.1 Å². The van der Waals surface area contributed by atoms with Gasteiger partial charge in [-0.2, -0.15) is 5.26 Å². The fraction of sp³-hybridized carbons (Fsp3) is 0.111. The first-order chi connectivity index (χ1) is 7.52. The number of hydrogen-bond acceptors (Lipinski definition) is 5. The molecule has 5 nitrogen and oxygen atoms in total. The summed E-state index contributed by atoms with van der Waals surface area (Å²) in [6, 6.07) is 6.26. The Hall–Kier alpha value is -1.58. The average Bonchev–Trinajstić information content (AvgIpc) is 2.58. The maximum atomic E-state index is 11.2. The quantitative estimate of drug-likeness (QED) is 0.765. The molecule has 1 aromatic heterocycles. The maximum Gasteiger partial charge on any atom is 0.263 e. The van der Waals surface area contributed by atoms with Crippen LogP contribution in [0, 0.1) is 11.3 Å². The zero-order valence-electron chi connectivity index (χ0n) is 7.84. The highest BCUT2D eigenvalue weighted by Crippen LogP contribution is 2.25. The third kappa shape index (κ3) is 1.87. The highest BCUT2D eigenvalue weighted by Gasteiger charge is 2.18. The molecule has 0 N–H and O–H groups in total. The van der Waals surface area contributed by atoms with Gasteiger partial charge in [0.2, 0.25) is 5.89 Å². The maximum absolute atomic E-state index is 11.2. The number of rotatable bonds is 2. The first-order valence-corrected chi connectivity index (χ1v) is 6.53. The minimum absolute atomic E-state index is 0.0174. The predicted octanol–water partition coefficient (Wildman–Crippen LogP) is 1.82. The molecule has 16 heavy (non-hydrogen) atoms. The second kappa shape index (κ2) is 3.77. The van der Waals surface area contributed by atoms with E-state index >= 15 is 0 Å². The van der Waals surface area contributed by atoms with Gasteiger partial charge < -0.3 is 4.42 Å². The Bertz CT molecular complexity index is 684. The van der Waals surface area contributed by atoms with Gasteiger partial charge in [-0.15, -0.1) is 0 Å². The molecule has 0 aliphatic carbocycles. The van der Waals surface area contributed by atoms with Crippen molar-refractivity contribution in [2.75, 3.05) is 0 Å². The third-order valence-electron chi connectivity index (χ3n) is 1.92. The molecule has 0 bridgehead atoms. The third-order valence-corrected chi connectivity index (χ3v) is 3.27. The van der Waals surface area contributed by atoms with Crippen LogP contribution < -0.4 is 0 Å². The summed E-state index contributed by atoms with van der Waals surface area (Å²) in [5.41, 5.74) is 0.453. The van der Waals surface area contributed by atoms with Crippen molar-refractivity contribution in [3.8, 4) is 6.07 Å². The lowest BCUT2D eigenvalue weighted by atomic mass is 10.3. The summed E-state index contributed by atoms with van der Waals surface area (Å²) in [5, 5.41) is 8.48. The molecule has 0 aliphatic heterocycles. The Morgan fingerprint density at radius 1 is 1.50 bits per heavy atom. The number of halogens is 1. The van der Waals surface area contributed by atoms with Crippen LogP contribution in [0.15, 0.2) is 27.5 Å². The van der Waals surface area contributed by atoms with E-state index in [4.69, 9.17) is 20.4 Å². The van der Waals surface area contributed by atoms with Crippen molar-refractivity contribution in [2.45, 2.75) is 11.3 Å². The molecule has 0 fully saturated rings. The molecule has 0 saturated carbocycles. The minimum atomic E-state index is -3.86. The Morgan fingerprint density at radius 2 is 2.25 bits per heavy atom. The molecular weight excluding hydrogens is 252 g/mol. The van der Waals surface area contributed by atoms with Crippen LogP contribution in [0.3, 0.4) is 0 Å². The summed E-state index contributed by atoms with van der Waals surface area (Å²) in [4.78, 5) is 3.80. The number of nitrogens with zero attached hydrogens (tertiary/aromatic N) is 2. The van der Waals surface area contributed by atoms with E-state index in [1.165, 1.54) is 12.1 Å². The SMILES string of the molecule is N#CCc1nc2c(S(=O)(=O)Cl)cccc2o1. The van der Waals surface area contributed by atoms with E-state index < -0.39 is 9.05 Å². The predicted molar refractivity (Wildman–Crippen MR) is 56.4 cm³/mol. The van der Waals surface area contributed by atoms with Gasteiger partial charge in [0, 0.05) is 10.7 Å². The monoisotopic (exact) mass is 256 g/mol. The molecule has 0 aliphatic rings. The van der Waals surface area contributed by atoms with Crippen LogP contribution in [0.4, 0.5) is 0 Å². The van der Waals surface area contributed by atoms with Crippen molar-refractivity contribution < 1.29 is 12.8 Å². The smallest absolute Gasteiger partial charge is 0.263 e. The standard InChI is InChI=1S/C9H5ClN2O3S/c10-16(13,14)7-3-1-2-6-9(7)12-8(15-6)4-5-11/h1-3H,4H2. The first-order valence-electron chi connectivity index (χ1n) is 4.22. The van der Waals surface area contributed by atoms with Gasteiger partial charge in [0.15, 0.2) is 5.58 Å². The van der Waals surface area contributed by atoms with Crippen LogP contribution in [-0.2, 0) is 15.5 Å². The van der Waals surface area contributed by atoms with Crippen molar-refractivity contribution >= 4 is 30.8 Å². The molecule has 1 aromatic carbocycles. The van der Waals surface area contributed by atoms with Crippen molar-refractivity contribution in [1.29, 1.82) is 5.26 Å². The van der Waals surface area contributed by atoms with Gasteiger partial charge in [-0.25, -0.2) is 13.4 Å². The average molecular weight is 257 g/mol. The van der Waals surface area contributed by atoms with Crippen LogP contribution in [-0.4, -0.2) is 13.4 Å². The first kappa shape index (κ1) is 10.9. The van der Waals surface area contributed by atoms with E-state index in [0.717, 1.165) is 0 Å². The summed E-state index contributed by atoms with van der Waals surface area (Å²) in [6.45, 7) is 0. The van der Waals surface area contributed by atoms with Crippen LogP contribution in [0.1, 0.15) is 5.89 Å². The number of nitriles is 1. The number of oxazole rings is 1. The molecule has 82 valence electrons. The molecule has 2 aromatic rings. The van der Waals surface area contributed by atoms with Gasteiger partial charge in [-0.1, -0.05) is 6.07 Å². The number of benzene rings is 1. The van der Waals surface area contributed by atoms with Gasteiger partial charge in [0.05, 0.1) is 6.07 Å². The lowest BCUT2D eigenvalue weighted by Gasteiger charge is -1.94. The summed E-state index contributed by atoms with van der Waals surface area (Å²) in [7, 11) is 1.39. The molecule has 0 atom stereocenters. The molecule has 0 amide bonds. The van der Waals surface area contributed by atoms with Crippen molar-refractivity contribution in [2.24, 2.45) is 0 Å². The van der Waals surface area contributed by atoms with Crippen LogP contribution in [0.5, 0.6) is 0 Å². The highest BCUT2D eigenvalue weighted by molar-refractivity contribution is 8.14. The van der Waals surface area contributed by atoms with E-state index in [9.17, 15) is 8.42 Å². The van der Waals surface area contributed by atoms with E-state index in [-0.39, 0.29) is 22.7 Å². The zero-order valence-corrected chi connectivity index (χ0v) is 9.42. The Balaban J connectivity index is 2.74. The lowest BCUT2D eigenvalue weighted by Crippen LogP contribution is -1.91. The molecule has 7 heteroatoms. The normalized spacial score (nSPS) is 11.5. The number of aromatic nitrogens is 1. The van der Waals surface area contributed by atoms with Crippen LogP contribution >= 0.6 is 10.7 Å². The molecule has 1 heterocycles. The van der Waals surface area contributed by atoms with E-state index in [0.29, 0.717) is 5.58 Å². The zero-order chi connectivity index (χ0) is 11.8. The number of para-hydroxylation sites is 1. The van der Waals surface area contributed by atoms with Gasteiger partial charge in [-0.3, -0.25) is 0 Å². The Kier molecular flexibility index (Phi) is 2.58. The van der Waals surface area contributed by atoms with Gasteiger partial charge in [0.1, 0.15) is 16.8 Å². The molecular formula is C9H5ClN2O3S. The fourth-order valence-corrected chi connectivity index (χ4v) is 2.30. The second-order valence-electron chi connectivity index (χ2n) is 2.98. The van der Waals surface area contributed by atoms with Crippen molar-refractivity contribution in [3.63, 3.8) is 0 Å². The molecule has 0 radical (unpaired) electrons. The van der Waals surface area contributed by atoms with E-state index in [2.05, 4.69) is 4.98 Å². The van der Waals surface area contributed by atoms with Crippen molar-refractivity contribution in [1.82, 2.24) is 4.98 Å². The van der Waals surface area contributed by atoms with E-state index in [1.54, 1.807) is 6.07 Å². The van der Waals surface area contributed by atoms with Crippen LogP contribution in [0.25, 0.3) is 11.1 Å². The largest absolute Gasteiger partial charge is 0.440 e.